The third kappa shape index (κ3) is 4.75. The molecule has 0 unspecified atom stereocenters. The number of carbonyl (C=O) groups excluding carboxylic acids is 1. The number of carbonyl (C=O) groups is 1. The molecule has 2 heterocycles. The van der Waals surface area contributed by atoms with E-state index in [1.54, 1.807) is 6.92 Å². The first kappa shape index (κ1) is 20.8. The van der Waals surface area contributed by atoms with Crippen molar-refractivity contribution >= 4 is 6.09 Å². The van der Waals surface area contributed by atoms with E-state index in [0.29, 0.717) is 6.92 Å². The molecule has 5 nitrogen and oxygen atoms in total. The molecule has 29 heavy (non-hydrogen) atoms. The molecule has 0 radical (unpaired) electrons. The number of ether oxygens (including phenoxy) is 2. The average molecular weight is 416 g/mol. The summed E-state index contributed by atoms with van der Waals surface area (Å²) in [4.78, 5) is 16.9. The Morgan fingerprint density at radius 1 is 1.31 bits per heavy atom. The zero-order chi connectivity index (χ0) is 21.3. The van der Waals surface area contributed by atoms with Crippen molar-refractivity contribution in [1.29, 1.82) is 0 Å². The highest BCUT2D eigenvalue weighted by Crippen LogP contribution is 2.33. The minimum absolute atomic E-state index is 0.0571. The highest BCUT2D eigenvalue weighted by atomic mass is 19.3. The minimum Gasteiger partial charge on any atom is -0.444 e. The van der Waals surface area contributed by atoms with Crippen molar-refractivity contribution in [3.8, 4) is 16.9 Å². The Bertz CT molecular complexity index is 917. The van der Waals surface area contributed by atoms with Crippen molar-refractivity contribution in [2.24, 2.45) is 0 Å². The quantitative estimate of drug-likeness (QED) is 0.626. The number of amides is 1. The Hall–Kier alpha value is -2.91. The van der Waals surface area contributed by atoms with Crippen LogP contribution in [0.4, 0.5) is 26.7 Å². The van der Waals surface area contributed by atoms with E-state index in [1.165, 1.54) is 17.0 Å². The molecule has 0 bridgehead atoms. The Kier molecular flexibility index (Phi) is 5.63. The average Bonchev–Trinajstić information content (AvgIpc) is 2.92. The predicted molar refractivity (Wildman–Crippen MR) is 92.2 cm³/mol. The fourth-order valence-electron chi connectivity index (χ4n) is 3.06. The summed E-state index contributed by atoms with van der Waals surface area (Å²) < 4.78 is 75.7. The topological polar surface area (TPSA) is 51.7 Å². The van der Waals surface area contributed by atoms with Crippen molar-refractivity contribution in [2.45, 2.75) is 39.0 Å². The maximum atomic E-state index is 14.0. The molecule has 1 fully saturated rings. The Morgan fingerprint density at radius 3 is 2.62 bits per heavy atom. The van der Waals surface area contributed by atoms with Gasteiger partial charge in [0, 0.05) is 18.7 Å². The second kappa shape index (κ2) is 7.84. The number of nitrogens with zero attached hydrogens (tertiary/aromatic N) is 2. The van der Waals surface area contributed by atoms with Gasteiger partial charge in [-0.2, -0.15) is 17.6 Å². The summed E-state index contributed by atoms with van der Waals surface area (Å²) in [6.07, 6.45) is 0.110. The lowest BCUT2D eigenvalue weighted by molar-refractivity contribution is -0.0521. The third-order valence-electron chi connectivity index (χ3n) is 4.26. The molecule has 1 aromatic heterocycles. The van der Waals surface area contributed by atoms with Crippen LogP contribution in [0.15, 0.2) is 30.5 Å². The Morgan fingerprint density at radius 2 is 2.03 bits per heavy atom. The zero-order valence-electron chi connectivity index (χ0n) is 15.5. The van der Waals surface area contributed by atoms with E-state index in [1.807, 2.05) is 0 Å². The van der Waals surface area contributed by atoms with Gasteiger partial charge in [0.05, 0.1) is 13.1 Å². The number of halogens is 5. The first-order chi connectivity index (χ1) is 13.5. The molecule has 1 atom stereocenters. The van der Waals surface area contributed by atoms with Crippen LogP contribution in [0.5, 0.6) is 5.75 Å². The van der Waals surface area contributed by atoms with Crippen molar-refractivity contribution < 1.29 is 36.2 Å². The molecule has 0 saturated carbocycles. The molecule has 10 heteroatoms. The van der Waals surface area contributed by atoms with E-state index in [4.69, 9.17) is 4.74 Å². The van der Waals surface area contributed by atoms with Gasteiger partial charge in [0.15, 0.2) is 11.6 Å². The highest BCUT2D eigenvalue weighted by molar-refractivity contribution is 5.70. The van der Waals surface area contributed by atoms with Crippen molar-refractivity contribution in [3.05, 3.63) is 47.5 Å². The van der Waals surface area contributed by atoms with Gasteiger partial charge in [-0.1, -0.05) is 6.07 Å². The monoisotopic (exact) mass is 416 g/mol. The van der Waals surface area contributed by atoms with Crippen molar-refractivity contribution in [2.75, 3.05) is 6.54 Å². The summed E-state index contributed by atoms with van der Waals surface area (Å²) in [7, 11) is 0. The molecule has 1 aliphatic rings. The molecule has 156 valence electrons. The van der Waals surface area contributed by atoms with Gasteiger partial charge in [0.2, 0.25) is 0 Å². The van der Waals surface area contributed by atoms with E-state index in [2.05, 4.69) is 9.72 Å². The fourth-order valence-corrected chi connectivity index (χ4v) is 3.06. The van der Waals surface area contributed by atoms with Crippen LogP contribution >= 0.6 is 0 Å². The molecule has 0 aliphatic carbocycles. The molecule has 0 spiro atoms. The first-order valence-electron chi connectivity index (χ1n) is 8.62. The van der Waals surface area contributed by atoms with E-state index in [9.17, 15) is 26.7 Å². The van der Waals surface area contributed by atoms with Crippen LogP contribution in [0.25, 0.3) is 11.1 Å². The van der Waals surface area contributed by atoms with Crippen LogP contribution in [0, 0.1) is 5.82 Å². The smallest absolute Gasteiger partial charge is 0.410 e. The van der Waals surface area contributed by atoms with Gasteiger partial charge in [0.25, 0.3) is 5.92 Å². The van der Waals surface area contributed by atoms with E-state index in [-0.39, 0.29) is 35.9 Å². The number of cyclic esters (lactones) is 1. The molecule has 1 aromatic carbocycles. The first-order valence-corrected chi connectivity index (χ1v) is 8.62. The van der Waals surface area contributed by atoms with Gasteiger partial charge >= 0.3 is 12.7 Å². The number of aromatic nitrogens is 1. The second-order valence-corrected chi connectivity index (χ2v) is 6.72. The number of hydrogen-bond acceptors (Lipinski definition) is 4. The molecule has 1 saturated heterocycles. The van der Waals surface area contributed by atoms with Gasteiger partial charge < -0.3 is 14.4 Å². The summed E-state index contributed by atoms with van der Waals surface area (Å²) in [6, 6.07) is 4.59. The maximum absolute atomic E-state index is 14.0. The van der Waals surface area contributed by atoms with Crippen molar-refractivity contribution in [1.82, 2.24) is 9.88 Å². The van der Waals surface area contributed by atoms with E-state index >= 15 is 0 Å². The van der Waals surface area contributed by atoms with Crippen molar-refractivity contribution in [3.63, 3.8) is 0 Å². The van der Waals surface area contributed by atoms with E-state index in [0.717, 1.165) is 18.3 Å². The summed E-state index contributed by atoms with van der Waals surface area (Å²) in [5.74, 6) is -4.95. The Labute approximate surface area is 163 Å². The SMILES string of the molecule is C[C@@H]1CN(Cc2cc(-c3ccc(F)c(OC(F)F)c3)cnc2C(C)(F)F)C(=O)O1. The Balaban J connectivity index is 2.00. The lowest BCUT2D eigenvalue weighted by Crippen LogP contribution is -2.26. The molecular formula is C19H17F5N2O3. The summed E-state index contributed by atoms with van der Waals surface area (Å²) in [5, 5.41) is 0. The predicted octanol–water partition coefficient (Wildman–Crippen LogP) is 4.94. The van der Waals surface area contributed by atoms with Gasteiger partial charge in [-0.3, -0.25) is 4.98 Å². The standard InChI is InChI=1S/C19H17F5N2O3/c1-10-8-26(18(27)28-10)9-13-5-12(7-25-16(13)19(2,23)24)11-3-4-14(20)15(6-11)29-17(21)22/h3-7,10,17H,8-9H2,1-2H3/t10-/m1/s1. The minimum atomic E-state index is -3.28. The number of pyridine rings is 1. The van der Waals surface area contributed by atoms with Crippen LogP contribution < -0.4 is 4.74 Å². The van der Waals surface area contributed by atoms with Gasteiger partial charge in [-0.05, 0) is 36.2 Å². The highest BCUT2D eigenvalue weighted by Gasteiger charge is 2.33. The molecular weight excluding hydrogens is 399 g/mol. The third-order valence-corrected chi connectivity index (χ3v) is 4.26. The summed E-state index contributed by atoms with van der Waals surface area (Å²) in [5.41, 5.74) is 0.0355. The lowest BCUT2D eigenvalue weighted by atomic mass is 10.0. The summed E-state index contributed by atoms with van der Waals surface area (Å²) >= 11 is 0. The summed E-state index contributed by atoms with van der Waals surface area (Å²) in [6.45, 7) is -0.830. The van der Waals surface area contributed by atoms with Gasteiger partial charge in [-0.15, -0.1) is 0 Å². The molecule has 2 aromatic rings. The lowest BCUT2D eigenvalue weighted by Gasteiger charge is -2.20. The number of rotatable bonds is 6. The fraction of sp³-hybridized carbons (Fsp3) is 0.368. The van der Waals surface area contributed by atoms with Crippen LogP contribution in [0.2, 0.25) is 0 Å². The number of hydrogen-bond donors (Lipinski definition) is 0. The second-order valence-electron chi connectivity index (χ2n) is 6.72. The molecule has 3 rings (SSSR count). The zero-order valence-corrected chi connectivity index (χ0v) is 15.5. The number of alkyl halides is 4. The van der Waals surface area contributed by atoms with Crippen LogP contribution in [0.1, 0.15) is 25.1 Å². The van der Waals surface area contributed by atoms with Crippen LogP contribution in [0.3, 0.4) is 0 Å². The van der Waals surface area contributed by atoms with E-state index < -0.39 is 35.9 Å². The molecule has 0 N–H and O–H groups in total. The largest absolute Gasteiger partial charge is 0.444 e. The maximum Gasteiger partial charge on any atom is 0.410 e. The molecule has 1 amide bonds. The van der Waals surface area contributed by atoms with Crippen LogP contribution in [-0.2, 0) is 17.2 Å². The van der Waals surface area contributed by atoms with Gasteiger partial charge in [-0.25, -0.2) is 9.18 Å². The molecule has 1 aliphatic heterocycles. The number of benzene rings is 1. The van der Waals surface area contributed by atoms with Crippen LogP contribution in [-0.4, -0.2) is 35.2 Å². The normalized spacial score (nSPS) is 17.0. The van der Waals surface area contributed by atoms with Gasteiger partial charge in [0.1, 0.15) is 11.8 Å².